The quantitative estimate of drug-likeness (QED) is 0.677. The van der Waals surface area contributed by atoms with Crippen LogP contribution in [-0.4, -0.2) is 67.7 Å². The molecule has 2 heterocycles. The SMILES string of the molecule is CN=C(NCC(C)N1CCOCC1C)N1CCc2ccccc2C1. The van der Waals surface area contributed by atoms with Crippen molar-refractivity contribution >= 4 is 5.96 Å². The van der Waals surface area contributed by atoms with Crippen LogP contribution in [0.4, 0.5) is 0 Å². The number of aliphatic imine (C=N–C) groups is 1. The van der Waals surface area contributed by atoms with Crippen LogP contribution >= 0.6 is 0 Å². The van der Waals surface area contributed by atoms with Crippen molar-refractivity contribution in [3.63, 3.8) is 0 Å². The van der Waals surface area contributed by atoms with Gasteiger partial charge in [-0.05, 0) is 31.4 Å². The molecule has 1 aromatic carbocycles. The highest BCUT2D eigenvalue weighted by Gasteiger charge is 2.24. The molecule has 2 atom stereocenters. The summed E-state index contributed by atoms with van der Waals surface area (Å²) in [5, 5.41) is 3.58. The van der Waals surface area contributed by atoms with Crippen LogP contribution in [0.1, 0.15) is 25.0 Å². The van der Waals surface area contributed by atoms with Gasteiger partial charge in [-0.1, -0.05) is 24.3 Å². The first kappa shape index (κ1) is 17.2. The molecule has 5 nitrogen and oxygen atoms in total. The Balaban J connectivity index is 1.56. The highest BCUT2D eigenvalue weighted by molar-refractivity contribution is 5.80. The largest absolute Gasteiger partial charge is 0.379 e. The van der Waals surface area contributed by atoms with Crippen molar-refractivity contribution in [2.24, 2.45) is 4.99 Å². The molecular weight excluding hydrogens is 300 g/mol. The maximum atomic E-state index is 5.54. The van der Waals surface area contributed by atoms with E-state index in [1.807, 2.05) is 7.05 Å². The molecule has 1 N–H and O–H groups in total. The fraction of sp³-hybridized carbons (Fsp3) is 0.632. The summed E-state index contributed by atoms with van der Waals surface area (Å²) >= 11 is 0. The zero-order valence-electron chi connectivity index (χ0n) is 15.2. The van der Waals surface area contributed by atoms with Crippen LogP contribution in [0, 0.1) is 0 Å². The molecule has 132 valence electrons. The highest BCUT2D eigenvalue weighted by Crippen LogP contribution is 2.18. The minimum Gasteiger partial charge on any atom is -0.379 e. The average Bonchev–Trinajstić information content (AvgIpc) is 2.62. The van der Waals surface area contributed by atoms with E-state index in [2.05, 4.69) is 58.2 Å². The van der Waals surface area contributed by atoms with Crippen LogP contribution in [0.25, 0.3) is 0 Å². The Morgan fingerprint density at radius 2 is 2.12 bits per heavy atom. The number of fused-ring (bicyclic) bond motifs is 1. The molecule has 0 spiro atoms. The van der Waals surface area contributed by atoms with E-state index in [4.69, 9.17) is 4.74 Å². The van der Waals surface area contributed by atoms with Gasteiger partial charge in [0.1, 0.15) is 0 Å². The zero-order valence-corrected chi connectivity index (χ0v) is 15.2. The number of morpholine rings is 1. The molecule has 2 unspecified atom stereocenters. The molecule has 1 saturated heterocycles. The lowest BCUT2D eigenvalue weighted by Crippen LogP contribution is -2.53. The van der Waals surface area contributed by atoms with Gasteiger partial charge in [0.15, 0.2) is 5.96 Å². The van der Waals surface area contributed by atoms with Crippen LogP contribution in [0.3, 0.4) is 0 Å². The first-order chi connectivity index (χ1) is 11.7. The van der Waals surface area contributed by atoms with E-state index in [9.17, 15) is 0 Å². The van der Waals surface area contributed by atoms with Gasteiger partial charge in [-0.3, -0.25) is 9.89 Å². The van der Waals surface area contributed by atoms with E-state index in [0.29, 0.717) is 12.1 Å². The van der Waals surface area contributed by atoms with E-state index >= 15 is 0 Å². The first-order valence-corrected chi connectivity index (χ1v) is 9.05. The van der Waals surface area contributed by atoms with Crippen LogP contribution in [0.2, 0.25) is 0 Å². The minimum absolute atomic E-state index is 0.470. The lowest BCUT2D eigenvalue weighted by molar-refractivity contribution is -0.0175. The van der Waals surface area contributed by atoms with E-state index in [0.717, 1.165) is 51.8 Å². The number of rotatable bonds is 3. The van der Waals surface area contributed by atoms with Gasteiger partial charge in [-0.25, -0.2) is 0 Å². The summed E-state index contributed by atoms with van der Waals surface area (Å²) in [7, 11) is 1.88. The smallest absolute Gasteiger partial charge is 0.194 e. The Kier molecular flexibility index (Phi) is 5.74. The Hall–Kier alpha value is -1.59. The first-order valence-electron chi connectivity index (χ1n) is 9.05. The maximum absolute atomic E-state index is 5.54. The van der Waals surface area contributed by atoms with E-state index in [1.165, 1.54) is 11.1 Å². The third-order valence-corrected chi connectivity index (χ3v) is 5.18. The number of benzene rings is 1. The van der Waals surface area contributed by atoms with Crippen LogP contribution in [0.15, 0.2) is 29.3 Å². The lowest BCUT2D eigenvalue weighted by Gasteiger charge is -2.39. The van der Waals surface area contributed by atoms with Crippen molar-refractivity contribution in [2.75, 3.05) is 39.9 Å². The van der Waals surface area contributed by atoms with Crippen molar-refractivity contribution in [1.29, 1.82) is 0 Å². The molecule has 0 radical (unpaired) electrons. The van der Waals surface area contributed by atoms with Crippen LogP contribution < -0.4 is 5.32 Å². The van der Waals surface area contributed by atoms with Crippen LogP contribution in [0.5, 0.6) is 0 Å². The fourth-order valence-electron chi connectivity index (χ4n) is 3.76. The fourth-order valence-corrected chi connectivity index (χ4v) is 3.76. The number of hydrogen-bond donors (Lipinski definition) is 1. The normalized spacial score (nSPS) is 23.7. The maximum Gasteiger partial charge on any atom is 0.194 e. The van der Waals surface area contributed by atoms with Gasteiger partial charge < -0.3 is 15.0 Å². The topological polar surface area (TPSA) is 40.1 Å². The number of ether oxygens (including phenoxy) is 1. The van der Waals surface area contributed by atoms with E-state index in [1.54, 1.807) is 0 Å². The molecule has 0 aromatic heterocycles. The summed E-state index contributed by atoms with van der Waals surface area (Å²) in [6.45, 7) is 10.1. The monoisotopic (exact) mass is 330 g/mol. The van der Waals surface area contributed by atoms with Crippen molar-refractivity contribution in [1.82, 2.24) is 15.1 Å². The predicted molar refractivity (Wildman–Crippen MR) is 98.4 cm³/mol. The van der Waals surface area contributed by atoms with Gasteiger partial charge in [0.25, 0.3) is 0 Å². The van der Waals surface area contributed by atoms with Crippen molar-refractivity contribution in [3.8, 4) is 0 Å². The summed E-state index contributed by atoms with van der Waals surface area (Å²) in [5.74, 6) is 1.01. The Bertz CT molecular complexity index is 574. The molecule has 0 aliphatic carbocycles. The van der Waals surface area contributed by atoms with Crippen molar-refractivity contribution in [3.05, 3.63) is 35.4 Å². The van der Waals surface area contributed by atoms with E-state index in [-0.39, 0.29) is 0 Å². The Labute approximate surface area is 145 Å². The second-order valence-corrected chi connectivity index (χ2v) is 6.88. The van der Waals surface area contributed by atoms with Gasteiger partial charge in [-0.2, -0.15) is 0 Å². The molecule has 24 heavy (non-hydrogen) atoms. The molecule has 2 aliphatic rings. The summed E-state index contributed by atoms with van der Waals surface area (Å²) in [5.41, 5.74) is 2.89. The summed E-state index contributed by atoms with van der Waals surface area (Å²) in [6, 6.07) is 9.68. The van der Waals surface area contributed by atoms with Gasteiger partial charge in [0, 0.05) is 45.3 Å². The Morgan fingerprint density at radius 1 is 1.33 bits per heavy atom. The van der Waals surface area contributed by atoms with Gasteiger partial charge >= 0.3 is 0 Å². The molecule has 0 saturated carbocycles. The minimum atomic E-state index is 0.470. The van der Waals surface area contributed by atoms with Gasteiger partial charge in [0.05, 0.1) is 13.2 Å². The van der Waals surface area contributed by atoms with E-state index < -0.39 is 0 Å². The molecule has 3 rings (SSSR count). The zero-order chi connectivity index (χ0) is 16.9. The summed E-state index contributed by atoms with van der Waals surface area (Å²) in [4.78, 5) is 9.39. The third-order valence-electron chi connectivity index (χ3n) is 5.18. The summed E-state index contributed by atoms with van der Waals surface area (Å²) < 4.78 is 5.54. The van der Waals surface area contributed by atoms with Gasteiger partial charge in [-0.15, -0.1) is 0 Å². The van der Waals surface area contributed by atoms with Crippen molar-refractivity contribution < 1.29 is 4.74 Å². The molecule has 1 aromatic rings. The molecule has 5 heteroatoms. The summed E-state index contributed by atoms with van der Waals surface area (Å²) in [6.07, 6.45) is 1.09. The molecular formula is C19H30N4O. The lowest BCUT2D eigenvalue weighted by atomic mass is 10.0. The molecule has 2 aliphatic heterocycles. The van der Waals surface area contributed by atoms with Crippen molar-refractivity contribution in [2.45, 2.75) is 38.9 Å². The van der Waals surface area contributed by atoms with Gasteiger partial charge in [0.2, 0.25) is 0 Å². The number of guanidine groups is 1. The second-order valence-electron chi connectivity index (χ2n) is 6.88. The second kappa shape index (κ2) is 7.99. The molecule has 0 amide bonds. The van der Waals surface area contributed by atoms with Crippen LogP contribution in [-0.2, 0) is 17.7 Å². The molecule has 1 fully saturated rings. The standard InChI is InChI=1S/C19H30N4O/c1-15(23-10-11-24-14-16(23)2)12-21-19(20-3)22-9-8-17-6-4-5-7-18(17)13-22/h4-7,15-16H,8-14H2,1-3H3,(H,20,21). The third kappa shape index (κ3) is 3.90. The predicted octanol–water partition coefficient (Wildman–Crippen LogP) is 1.73. The Morgan fingerprint density at radius 3 is 2.88 bits per heavy atom. The number of hydrogen-bond acceptors (Lipinski definition) is 3. The molecule has 0 bridgehead atoms. The number of nitrogens with one attached hydrogen (secondary N) is 1. The highest BCUT2D eigenvalue weighted by atomic mass is 16.5. The number of nitrogens with zero attached hydrogens (tertiary/aromatic N) is 3. The average molecular weight is 330 g/mol.